The van der Waals surface area contributed by atoms with Crippen molar-refractivity contribution in [3.05, 3.63) is 53.7 Å². The third-order valence-corrected chi connectivity index (χ3v) is 4.22. The lowest BCUT2D eigenvalue weighted by atomic mass is 10.2. The lowest BCUT2D eigenvalue weighted by molar-refractivity contribution is -0.126. The number of pyridine rings is 1. The van der Waals surface area contributed by atoms with Gasteiger partial charge in [-0.25, -0.2) is 9.78 Å². The second-order valence-corrected chi connectivity index (χ2v) is 6.21. The third kappa shape index (κ3) is 3.47. The minimum Gasteiger partial charge on any atom is -0.449 e. The van der Waals surface area contributed by atoms with Crippen LogP contribution < -0.4 is 9.80 Å². The maximum absolute atomic E-state index is 12.7. The number of fused-ring (bicyclic) bond motifs is 1. The molecule has 3 rings (SSSR count). The van der Waals surface area contributed by atoms with Crippen LogP contribution in [-0.2, 0) is 16.0 Å². The van der Waals surface area contributed by atoms with Gasteiger partial charge in [-0.1, -0.05) is 18.2 Å². The van der Waals surface area contributed by atoms with Crippen LogP contribution in [0.2, 0.25) is 0 Å². The summed E-state index contributed by atoms with van der Waals surface area (Å²) in [5.41, 5.74) is 2.41. The average Bonchev–Trinajstić information content (AvgIpc) is 3.05. The van der Waals surface area contributed by atoms with E-state index in [0.29, 0.717) is 17.9 Å². The Morgan fingerprint density at radius 1 is 1.24 bits per heavy atom. The topological polar surface area (TPSA) is 62.7 Å². The van der Waals surface area contributed by atoms with E-state index in [4.69, 9.17) is 4.74 Å². The molecule has 0 aliphatic carbocycles. The van der Waals surface area contributed by atoms with Gasteiger partial charge in [-0.05, 0) is 37.1 Å². The molecule has 0 N–H and O–H groups in total. The number of esters is 1. The summed E-state index contributed by atoms with van der Waals surface area (Å²) < 4.78 is 5.38. The fourth-order valence-corrected chi connectivity index (χ4v) is 2.86. The Morgan fingerprint density at radius 2 is 2.00 bits per heavy atom. The van der Waals surface area contributed by atoms with E-state index in [1.807, 2.05) is 38.4 Å². The van der Waals surface area contributed by atoms with Crippen molar-refractivity contribution in [1.82, 2.24) is 4.98 Å². The minimum atomic E-state index is -0.852. The molecule has 130 valence electrons. The Balaban J connectivity index is 1.70. The van der Waals surface area contributed by atoms with Crippen LogP contribution in [0, 0.1) is 0 Å². The lowest BCUT2D eigenvalue weighted by Gasteiger charge is -2.22. The van der Waals surface area contributed by atoms with Crippen LogP contribution in [0.25, 0.3) is 0 Å². The number of benzene rings is 1. The van der Waals surface area contributed by atoms with Crippen molar-refractivity contribution in [2.24, 2.45) is 0 Å². The highest BCUT2D eigenvalue weighted by molar-refractivity contribution is 6.00. The van der Waals surface area contributed by atoms with Crippen LogP contribution >= 0.6 is 0 Å². The van der Waals surface area contributed by atoms with E-state index in [0.717, 1.165) is 17.7 Å². The van der Waals surface area contributed by atoms with Crippen molar-refractivity contribution < 1.29 is 14.3 Å². The van der Waals surface area contributed by atoms with E-state index in [-0.39, 0.29) is 5.91 Å². The van der Waals surface area contributed by atoms with Crippen molar-refractivity contribution in [2.75, 3.05) is 30.4 Å². The summed E-state index contributed by atoms with van der Waals surface area (Å²) in [7, 11) is 3.68. The molecule has 6 nitrogen and oxygen atoms in total. The number of rotatable bonds is 4. The van der Waals surface area contributed by atoms with E-state index in [1.165, 1.54) is 0 Å². The smallest absolute Gasteiger partial charge is 0.339 e. The molecule has 1 unspecified atom stereocenters. The lowest BCUT2D eigenvalue weighted by Crippen LogP contribution is -2.39. The van der Waals surface area contributed by atoms with Crippen LogP contribution in [0.1, 0.15) is 22.8 Å². The quantitative estimate of drug-likeness (QED) is 0.800. The van der Waals surface area contributed by atoms with E-state index >= 15 is 0 Å². The van der Waals surface area contributed by atoms with Crippen LogP contribution in [0.15, 0.2) is 42.6 Å². The van der Waals surface area contributed by atoms with E-state index < -0.39 is 12.1 Å². The fourth-order valence-electron chi connectivity index (χ4n) is 2.86. The van der Waals surface area contributed by atoms with Gasteiger partial charge in [0.05, 0.1) is 5.56 Å². The fraction of sp³-hybridized carbons (Fsp3) is 0.316. The van der Waals surface area contributed by atoms with E-state index in [1.54, 1.807) is 35.1 Å². The highest BCUT2D eigenvalue weighted by Crippen LogP contribution is 2.28. The Hall–Kier alpha value is -2.89. The molecule has 1 aromatic heterocycles. The number of hydrogen-bond donors (Lipinski definition) is 0. The molecule has 2 heterocycles. The Labute approximate surface area is 147 Å². The standard InChI is InChI=1S/C19H21N3O3/c1-13(18(23)22-11-9-14-6-4-5-7-16(14)22)25-19(24)15-8-10-20-17(12-15)21(2)3/h4-8,10,12-13H,9,11H2,1-3H3. The number of carbonyl (C=O) groups is 2. The Bertz CT molecular complexity index is 804. The van der Waals surface area contributed by atoms with Gasteiger partial charge >= 0.3 is 5.97 Å². The van der Waals surface area contributed by atoms with Crippen molar-refractivity contribution in [3.8, 4) is 0 Å². The predicted octanol–water partition coefficient (Wildman–Crippen LogP) is 2.28. The summed E-state index contributed by atoms with van der Waals surface area (Å²) in [6.45, 7) is 2.22. The van der Waals surface area contributed by atoms with Crippen molar-refractivity contribution in [1.29, 1.82) is 0 Å². The molecule has 0 radical (unpaired) electrons. The minimum absolute atomic E-state index is 0.208. The van der Waals surface area contributed by atoms with Crippen LogP contribution in [0.3, 0.4) is 0 Å². The summed E-state index contributed by atoms with van der Waals surface area (Å²) in [6, 6.07) is 11.0. The molecule has 0 spiro atoms. The van der Waals surface area contributed by atoms with Gasteiger partial charge in [0, 0.05) is 32.5 Å². The zero-order valence-corrected chi connectivity index (χ0v) is 14.6. The number of carbonyl (C=O) groups excluding carboxylic acids is 2. The average molecular weight is 339 g/mol. The highest BCUT2D eigenvalue weighted by Gasteiger charge is 2.30. The molecule has 1 aliphatic rings. The molecule has 1 aromatic carbocycles. The molecular formula is C19H21N3O3. The number of nitrogens with zero attached hydrogens (tertiary/aromatic N) is 3. The molecule has 25 heavy (non-hydrogen) atoms. The summed E-state index contributed by atoms with van der Waals surface area (Å²) in [5.74, 6) is -0.0825. The zero-order valence-electron chi connectivity index (χ0n) is 14.6. The molecule has 0 bridgehead atoms. The number of hydrogen-bond acceptors (Lipinski definition) is 5. The monoisotopic (exact) mass is 339 g/mol. The van der Waals surface area contributed by atoms with Gasteiger partial charge in [-0.3, -0.25) is 4.79 Å². The number of para-hydroxylation sites is 1. The van der Waals surface area contributed by atoms with Gasteiger partial charge < -0.3 is 14.5 Å². The maximum atomic E-state index is 12.7. The molecule has 0 fully saturated rings. The van der Waals surface area contributed by atoms with Crippen LogP contribution in [0.5, 0.6) is 0 Å². The Morgan fingerprint density at radius 3 is 2.76 bits per heavy atom. The molecule has 1 atom stereocenters. The number of aromatic nitrogens is 1. The van der Waals surface area contributed by atoms with Gasteiger partial charge in [0.25, 0.3) is 5.91 Å². The first-order valence-corrected chi connectivity index (χ1v) is 8.21. The highest BCUT2D eigenvalue weighted by atomic mass is 16.5. The molecule has 1 aliphatic heterocycles. The third-order valence-electron chi connectivity index (χ3n) is 4.22. The van der Waals surface area contributed by atoms with Crippen LogP contribution in [0.4, 0.5) is 11.5 Å². The normalized spacial score (nSPS) is 14.0. The number of ether oxygens (including phenoxy) is 1. The molecule has 1 amide bonds. The molecule has 2 aromatic rings. The summed E-state index contributed by atoms with van der Waals surface area (Å²) in [6.07, 6.45) is 1.52. The predicted molar refractivity (Wildman–Crippen MR) is 95.9 cm³/mol. The Kier molecular flexibility index (Phi) is 4.70. The molecule has 0 saturated heterocycles. The SMILES string of the molecule is CC(OC(=O)c1ccnc(N(C)C)c1)C(=O)N1CCc2ccccc21. The first-order chi connectivity index (χ1) is 12.0. The molecule has 0 saturated carbocycles. The van der Waals surface area contributed by atoms with Crippen molar-refractivity contribution >= 4 is 23.4 Å². The first-order valence-electron chi connectivity index (χ1n) is 8.21. The van der Waals surface area contributed by atoms with Gasteiger partial charge in [0.2, 0.25) is 0 Å². The van der Waals surface area contributed by atoms with Crippen LogP contribution in [-0.4, -0.2) is 43.6 Å². The van der Waals surface area contributed by atoms with Gasteiger partial charge in [0.15, 0.2) is 6.10 Å². The van der Waals surface area contributed by atoms with Crippen molar-refractivity contribution in [2.45, 2.75) is 19.4 Å². The van der Waals surface area contributed by atoms with Crippen molar-refractivity contribution in [3.63, 3.8) is 0 Å². The summed E-state index contributed by atoms with van der Waals surface area (Å²) in [4.78, 5) is 32.7. The van der Waals surface area contributed by atoms with Gasteiger partial charge in [-0.15, -0.1) is 0 Å². The maximum Gasteiger partial charge on any atom is 0.339 e. The largest absolute Gasteiger partial charge is 0.449 e. The van der Waals surface area contributed by atoms with E-state index in [9.17, 15) is 9.59 Å². The molecule has 6 heteroatoms. The number of amides is 1. The molecular weight excluding hydrogens is 318 g/mol. The number of anilines is 2. The second-order valence-electron chi connectivity index (χ2n) is 6.21. The summed E-state index contributed by atoms with van der Waals surface area (Å²) >= 11 is 0. The zero-order chi connectivity index (χ0) is 18.0. The van der Waals surface area contributed by atoms with Gasteiger partial charge in [-0.2, -0.15) is 0 Å². The first kappa shape index (κ1) is 17.0. The summed E-state index contributed by atoms with van der Waals surface area (Å²) in [5, 5.41) is 0. The van der Waals surface area contributed by atoms with E-state index in [2.05, 4.69) is 4.98 Å². The van der Waals surface area contributed by atoms with Gasteiger partial charge in [0.1, 0.15) is 5.82 Å². The second kappa shape index (κ2) is 6.93.